The van der Waals surface area contributed by atoms with Crippen LogP contribution in [-0.4, -0.2) is 20.7 Å². The van der Waals surface area contributed by atoms with E-state index in [-0.39, 0.29) is 5.56 Å². The number of aryl methyl sites for hydroxylation is 1. The summed E-state index contributed by atoms with van der Waals surface area (Å²) in [5.41, 5.74) is 8.77. The van der Waals surface area contributed by atoms with Crippen molar-refractivity contribution in [1.82, 2.24) is 14.8 Å². The lowest BCUT2D eigenvalue weighted by Gasteiger charge is -2.09. The molecule has 0 aliphatic heterocycles. The second kappa shape index (κ2) is 5.73. The van der Waals surface area contributed by atoms with Crippen LogP contribution in [0.2, 0.25) is 0 Å². The van der Waals surface area contributed by atoms with E-state index in [9.17, 15) is 10.1 Å². The van der Waals surface area contributed by atoms with Gasteiger partial charge in [-0.3, -0.25) is 4.79 Å². The molecule has 1 amide bonds. The number of carbonyl (C=O) groups excluding carboxylic acids is 1. The van der Waals surface area contributed by atoms with Gasteiger partial charge in [-0.2, -0.15) is 10.4 Å². The molecule has 0 saturated carbocycles. The van der Waals surface area contributed by atoms with Gasteiger partial charge in [0, 0.05) is 24.0 Å². The molecule has 112 valence electrons. The monoisotopic (exact) mass is 303 g/mol. The van der Waals surface area contributed by atoms with Crippen LogP contribution in [0.1, 0.15) is 21.5 Å². The molecule has 3 rings (SSSR count). The number of nitrogens with zero attached hydrogens (tertiary/aromatic N) is 4. The Bertz CT molecular complexity index is 936. The molecule has 0 unspecified atom stereocenters. The number of hydrogen-bond acceptors (Lipinski definition) is 4. The fraction of sp³-hybridized carbons (Fsp3) is 0.0588. The number of rotatable bonds is 3. The van der Waals surface area contributed by atoms with Crippen LogP contribution in [0.25, 0.3) is 16.9 Å². The van der Waals surface area contributed by atoms with Crippen molar-refractivity contribution in [3.63, 3.8) is 0 Å². The highest BCUT2D eigenvalue weighted by atomic mass is 16.1. The van der Waals surface area contributed by atoms with Crippen LogP contribution in [0.4, 0.5) is 0 Å². The Morgan fingerprint density at radius 2 is 2.04 bits per heavy atom. The van der Waals surface area contributed by atoms with Crippen molar-refractivity contribution in [3.05, 3.63) is 65.6 Å². The van der Waals surface area contributed by atoms with E-state index in [0.29, 0.717) is 11.4 Å². The molecule has 2 heterocycles. The molecule has 0 aliphatic carbocycles. The van der Waals surface area contributed by atoms with Crippen molar-refractivity contribution in [2.24, 2.45) is 5.73 Å². The Hall–Kier alpha value is -3.46. The van der Waals surface area contributed by atoms with Gasteiger partial charge in [0.1, 0.15) is 0 Å². The molecule has 6 nitrogen and oxygen atoms in total. The van der Waals surface area contributed by atoms with Gasteiger partial charge in [-0.05, 0) is 18.1 Å². The third-order valence-electron chi connectivity index (χ3n) is 3.55. The first kappa shape index (κ1) is 14.5. The Balaban J connectivity index is 2.08. The molecule has 23 heavy (non-hydrogen) atoms. The predicted octanol–water partition coefficient (Wildman–Crippen LogP) is 2.21. The summed E-state index contributed by atoms with van der Waals surface area (Å²) >= 11 is 0. The van der Waals surface area contributed by atoms with E-state index in [0.717, 1.165) is 16.7 Å². The SMILES string of the molecule is Cc1ccccc1-c1cnc(-n2cc(C(N)=O)cn2)cc1C#N. The highest BCUT2D eigenvalue weighted by Crippen LogP contribution is 2.26. The number of nitriles is 1. The van der Waals surface area contributed by atoms with E-state index >= 15 is 0 Å². The smallest absolute Gasteiger partial charge is 0.251 e. The Morgan fingerprint density at radius 1 is 1.26 bits per heavy atom. The lowest BCUT2D eigenvalue weighted by molar-refractivity contribution is 0.100. The van der Waals surface area contributed by atoms with E-state index < -0.39 is 5.91 Å². The number of aromatic nitrogens is 3. The summed E-state index contributed by atoms with van der Waals surface area (Å²) in [4.78, 5) is 15.5. The molecule has 0 saturated heterocycles. The van der Waals surface area contributed by atoms with E-state index in [1.165, 1.54) is 17.1 Å². The Kier molecular flexibility index (Phi) is 3.61. The summed E-state index contributed by atoms with van der Waals surface area (Å²) in [5.74, 6) is -0.111. The van der Waals surface area contributed by atoms with Crippen molar-refractivity contribution in [2.45, 2.75) is 6.92 Å². The fourth-order valence-corrected chi connectivity index (χ4v) is 2.33. The number of benzene rings is 1. The average molecular weight is 303 g/mol. The van der Waals surface area contributed by atoms with Gasteiger partial charge in [0.25, 0.3) is 5.91 Å². The molecule has 0 atom stereocenters. The molecular formula is C17H13N5O. The largest absolute Gasteiger partial charge is 0.366 e. The minimum Gasteiger partial charge on any atom is -0.366 e. The van der Waals surface area contributed by atoms with Crippen LogP contribution in [0.15, 0.2) is 48.9 Å². The molecule has 6 heteroatoms. The molecule has 0 spiro atoms. The number of carbonyl (C=O) groups is 1. The van der Waals surface area contributed by atoms with E-state index in [1.807, 2.05) is 31.2 Å². The highest BCUT2D eigenvalue weighted by Gasteiger charge is 2.12. The van der Waals surface area contributed by atoms with Gasteiger partial charge < -0.3 is 5.73 Å². The zero-order valence-electron chi connectivity index (χ0n) is 12.4. The first-order valence-electron chi connectivity index (χ1n) is 6.91. The lowest BCUT2D eigenvalue weighted by Crippen LogP contribution is -2.09. The number of amides is 1. The van der Waals surface area contributed by atoms with Crippen molar-refractivity contribution in [2.75, 3.05) is 0 Å². The third-order valence-corrected chi connectivity index (χ3v) is 3.55. The maximum atomic E-state index is 11.1. The number of primary amides is 1. The maximum absolute atomic E-state index is 11.1. The molecule has 3 aromatic rings. The zero-order chi connectivity index (χ0) is 16.4. The lowest BCUT2D eigenvalue weighted by atomic mass is 9.98. The number of nitrogens with two attached hydrogens (primary N) is 1. The standard InChI is InChI=1S/C17H13N5O/c1-11-4-2-3-5-14(11)15-9-20-16(6-12(15)7-18)22-10-13(8-21-22)17(19)23/h2-6,8-10H,1H3,(H2,19,23). The summed E-state index contributed by atoms with van der Waals surface area (Å²) in [6.07, 6.45) is 4.49. The van der Waals surface area contributed by atoms with Crippen molar-refractivity contribution >= 4 is 5.91 Å². The molecule has 1 aromatic carbocycles. The summed E-state index contributed by atoms with van der Waals surface area (Å²) in [6, 6.07) is 11.6. The van der Waals surface area contributed by atoms with Gasteiger partial charge >= 0.3 is 0 Å². The van der Waals surface area contributed by atoms with E-state index in [4.69, 9.17) is 5.73 Å². The molecule has 0 bridgehead atoms. The molecular weight excluding hydrogens is 290 g/mol. The van der Waals surface area contributed by atoms with E-state index in [2.05, 4.69) is 16.2 Å². The normalized spacial score (nSPS) is 10.3. The van der Waals surface area contributed by atoms with Crippen LogP contribution < -0.4 is 5.73 Å². The Labute approximate surface area is 132 Å². The van der Waals surface area contributed by atoms with E-state index in [1.54, 1.807) is 12.3 Å². The molecule has 2 aromatic heterocycles. The van der Waals surface area contributed by atoms with Gasteiger partial charge in [-0.15, -0.1) is 0 Å². The topological polar surface area (TPSA) is 97.6 Å². The number of hydrogen-bond donors (Lipinski definition) is 1. The molecule has 0 aliphatic rings. The molecule has 0 radical (unpaired) electrons. The highest BCUT2D eigenvalue weighted by molar-refractivity contribution is 5.92. The van der Waals surface area contributed by atoms with Gasteiger partial charge in [-0.25, -0.2) is 9.67 Å². The van der Waals surface area contributed by atoms with Gasteiger partial charge in [0.05, 0.1) is 23.4 Å². The third kappa shape index (κ3) is 2.68. The van der Waals surface area contributed by atoms with Crippen molar-refractivity contribution in [3.8, 4) is 23.0 Å². The van der Waals surface area contributed by atoms with Crippen LogP contribution in [-0.2, 0) is 0 Å². The maximum Gasteiger partial charge on any atom is 0.251 e. The second-order valence-corrected chi connectivity index (χ2v) is 5.05. The van der Waals surface area contributed by atoms with Crippen LogP contribution in [0, 0.1) is 18.3 Å². The van der Waals surface area contributed by atoms with Crippen LogP contribution in [0.3, 0.4) is 0 Å². The van der Waals surface area contributed by atoms with Crippen LogP contribution >= 0.6 is 0 Å². The first-order valence-corrected chi connectivity index (χ1v) is 6.91. The minimum atomic E-state index is -0.562. The van der Waals surface area contributed by atoms with Gasteiger partial charge in [0.2, 0.25) is 0 Å². The zero-order valence-corrected chi connectivity index (χ0v) is 12.4. The average Bonchev–Trinajstić information content (AvgIpc) is 3.05. The minimum absolute atomic E-state index is 0.285. The number of pyridine rings is 1. The second-order valence-electron chi connectivity index (χ2n) is 5.05. The first-order chi connectivity index (χ1) is 11.1. The molecule has 2 N–H and O–H groups in total. The summed E-state index contributed by atoms with van der Waals surface area (Å²) < 4.78 is 1.42. The predicted molar refractivity (Wildman–Crippen MR) is 84.8 cm³/mol. The fourth-order valence-electron chi connectivity index (χ4n) is 2.33. The van der Waals surface area contributed by atoms with Gasteiger partial charge in [-0.1, -0.05) is 24.3 Å². The Morgan fingerprint density at radius 3 is 2.70 bits per heavy atom. The van der Waals surface area contributed by atoms with Gasteiger partial charge in [0.15, 0.2) is 5.82 Å². The quantitative estimate of drug-likeness (QED) is 0.802. The van der Waals surface area contributed by atoms with Crippen molar-refractivity contribution in [1.29, 1.82) is 5.26 Å². The van der Waals surface area contributed by atoms with Crippen LogP contribution in [0.5, 0.6) is 0 Å². The van der Waals surface area contributed by atoms with Crippen molar-refractivity contribution < 1.29 is 4.79 Å². The summed E-state index contributed by atoms with van der Waals surface area (Å²) in [6.45, 7) is 1.98. The summed E-state index contributed by atoms with van der Waals surface area (Å²) in [5, 5.41) is 13.5. The summed E-state index contributed by atoms with van der Waals surface area (Å²) in [7, 11) is 0. The molecule has 0 fully saturated rings.